The van der Waals surface area contributed by atoms with Crippen molar-refractivity contribution in [3.8, 4) is 0 Å². The first-order valence-corrected chi connectivity index (χ1v) is 9.46. The predicted molar refractivity (Wildman–Crippen MR) is 104 cm³/mol. The molecule has 0 aromatic heterocycles. The van der Waals surface area contributed by atoms with E-state index in [4.69, 9.17) is 9.47 Å². The van der Waals surface area contributed by atoms with E-state index >= 15 is 0 Å². The molecule has 0 saturated heterocycles. The number of carbonyl (C=O) groups excluding carboxylic acids is 1. The van der Waals surface area contributed by atoms with Gasteiger partial charge in [0.2, 0.25) is 0 Å². The molecule has 0 rings (SSSR count). The monoisotopic (exact) mass is 358 g/mol. The van der Waals surface area contributed by atoms with Gasteiger partial charge in [-0.1, -0.05) is 41.5 Å². The first-order valence-electron chi connectivity index (χ1n) is 9.46. The van der Waals surface area contributed by atoms with Crippen LogP contribution >= 0.6 is 0 Å². The highest BCUT2D eigenvalue weighted by atomic mass is 16.5. The van der Waals surface area contributed by atoms with Gasteiger partial charge in [0.1, 0.15) is 0 Å². The van der Waals surface area contributed by atoms with Gasteiger partial charge in [-0.25, -0.2) is 0 Å². The van der Waals surface area contributed by atoms with E-state index in [0.717, 1.165) is 6.42 Å². The highest BCUT2D eigenvalue weighted by Crippen LogP contribution is 2.36. The Morgan fingerprint density at radius 2 is 1.40 bits per heavy atom. The number of aliphatic hydroxyl groups is 1. The summed E-state index contributed by atoms with van der Waals surface area (Å²) < 4.78 is 11.4. The molecule has 0 saturated carbocycles. The Morgan fingerprint density at radius 1 is 0.880 bits per heavy atom. The Balaban J connectivity index is 4.50. The molecule has 4 nitrogen and oxygen atoms in total. The molecule has 0 heterocycles. The van der Waals surface area contributed by atoms with Gasteiger partial charge in [-0.15, -0.1) is 0 Å². The maximum Gasteiger partial charge on any atom is 0.309 e. The summed E-state index contributed by atoms with van der Waals surface area (Å²) in [4.78, 5) is 12.6. The zero-order valence-corrected chi connectivity index (χ0v) is 18.3. The molecule has 0 aliphatic carbocycles. The summed E-state index contributed by atoms with van der Waals surface area (Å²) in [6.45, 7) is 21.1. The van der Waals surface area contributed by atoms with Gasteiger partial charge in [-0.05, 0) is 51.4 Å². The maximum absolute atomic E-state index is 12.6. The van der Waals surface area contributed by atoms with Gasteiger partial charge in [-0.2, -0.15) is 0 Å². The first-order chi connectivity index (χ1) is 10.9. The van der Waals surface area contributed by atoms with Crippen LogP contribution in [0.2, 0.25) is 0 Å². The summed E-state index contributed by atoms with van der Waals surface area (Å²) in [5.41, 5.74) is -1.15. The Kier molecular flexibility index (Phi) is 8.64. The van der Waals surface area contributed by atoms with Gasteiger partial charge in [0.25, 0.3) is 0 Å². The number of carbonyl (C=O) groups is 1. The molecule has 0 aliphatic rings. The van der Waals surface area contributed by atoms with E-state index in [1.807, 2.05) is 13.8 Å². The standard InChI is InChI=1S/C21H42O4/c1-18(2,3)15-16(19(4,5)6)17(22)24-13-12-21(9,10)25-14-11-20(7,8)23/h16,23H,11-15H2,1-10H3. The number of hydrogen-bond acceptors (Lipinski definition) is 4. The van der Waals surface area contributed by atoms with Gasteiger partial charge < -0.3 is 14.6 Å². The number of ether oxygens (including phenoxy) is 2. The number of rotatable bonds is 9. The third-order valence-electron chi connectivity index (χ3n) is 4.30. The molecular weight excluding hydrogens is 316 g/mol. The van der Waals surface area contributed by atoms with Crippen molar-refractivity contribution in [1.82, 2.24) is 0 Å². The fourth-order valence-corrected chi connectivity index (χ4v) is 2.50. The normalized spacial score (nSPS) is 15.2. The fourth-order valence-electron chi connectivity index (χ4n) is 2.50. The van der Waals surface area contributed by atoms with Gasteiger partial charge in [0.15, 0.2) is 0 Å². The molecule has 4 heteroatoms. The van der Waals surface area contributed by atoms with Crippen molar-refractivity contribution in [3.05, 3.63) is 0 Å². The van der Waals surface area contributed by atoms with Crippen LogP contribution in [0.3, 0.4) is 0 Å². The highest BCUT2D eigenvalue weighted by molar-refractivity contribution is 5.73. The molecule has 0 aromatic rings. The van der Waals surface area contributed by atoms with E-state index in [-0.39, 0.29) is 28.3 Å². The van der Waals surface area contributed by atoms with Crippen LogP contribution in [-0.4, -0.2) is 35.5 Å². The van der Waals surface area contributed by atoms with Crippen LogP contribution in [0.15, 0.2) is 0 Å². The first kappa shape index (κ1) is 24.4. The summed E-state index contributed by atoms with van der Waals surface area (Å²) in [6.07, 6.45) is 2.02. The van der Waals surface area contributed by atoms with E-state index in [9.17, 15) is 9.90 Å². The maximum atomic E-state index is 12.6. The van der Waals surface area contributed by atoms with Crippen molar-refractivity contribution in [1.29, 1.82) is 0 Å². The zero-order valence-electron chi connectivity index (χ0n) is 18.3. The lowest BCUT2D eigenvalue weighted by Gasteiger charge is -2.34. The average molecular weight is 359 g/mol. The van der Waals surface area contributed by atoms with Gasteiger partial charge >= 0.3 is 5.97 Å². The van der Waals surface area contributed by atoms with Crippen molar-refractivity contribution in [2.45, 2.75) is 99.7 Å². The van der Waals surface area contributed by atoms with Crippen LogP contribution in [0.25, 0.3) is 0 Å². The molecule has 0 radical (unpaired) electrons. The van der Waals surface area contributed by atoms with Crippen LogP contribution in [0, 0.1) is 16.7 Å². The molecule has 0 aromatic carbocycles. The molecule has 0 spiro atoms. The van der Waals surface area contributed by atoms with Crippen LogP contribution in [0.1, 0.15) is 88.5 Å². The molecule has 0 bridgehead atoms. The molecule has 0 aliphatic heterocycles. The van der Waals surface area contributed by atoms with E-state index in [1.165, 1.54) is 0 Å². The lowest BCUT2D eigenvalue weighted by molar-refractivity contribution is -0.155. The smallest absolute Gasteiger partial charge is 0.309 e. The minimum absolute atomic E-state index is 0.0798. The second kappa shape index (κ2) is 8.85. The molecular formula is C21H42O4. The third-order valence-corrected chi connectivity index (χ3v) is 4.30. The highest BCUT2D eigenvalue weighted by Gasteiger charge is 2.36. The van der Waals surface area contributed by atoms with Gasteiger partial charge in [-0.3, -0.25) is 4.79 Å². The molecule has 150 valence electrons. The van der Waals surface area contributed by atoms with Crippen molar-refractivity contribution in [2.24, 2.45) is 16.7 Å². The van der Waals surface area contributed by atoms with E-state index < -0.39 is 5.60 Å². The molecule has 1 atom stereocenters. The van der Waals surface area contributed by atoms with Crippen LogP contribution in [0.4, 0.5) is 0 Å². The minimum atomic E-state index is -0.727. The van der Waals surface area contributed by atoms with E-state index in [1.54, 1.807) is 13.8 Å². The van der Waals surface area contributed by atoms with Crippen LogP contribution in [-0.2, 0) is 14.3 Å². The second-order valence-corrected chi connectivity index (χ2v) is 10.8. The Hall–Kier alpha value is -0.610. The second-order valence-electron chi connectivity index (χ2n) is 10.8. The lowest BCUT2D eigenvalue weighted by Crippen LogP contribution is -2.35. The Bertz CT molecular complexity index is 405. The quantitative estimate of drug-likeness (QED) is 0.591. The summed E-state index contributed by atoms with van der Waals surface area (Å²) in [7, 11) is 0. The van der Waals surface area contributed by atoms with Crippen molar-refractivity contribution in [2.75, 3.05) is 13.2 Å². The van der Waals surface area contributed by atoms with Gasteiger partial charge in [0.05, 0.1) is 30.3 Å². The van der Waals surface area contributed by atoms with Crippen LogP contribution < -0.4 is 0 Å². The molecule has 1 N–H and O–H groups in total. The third kappa shape index (κ3) is 12.4. The van der Waals surface area contributed by atoms with Crippen molar-refractivity contribution < 1.29 is 19.4 Å². The van der Waals surface area contributed by atoms with E-state index in [2.05, 4.69) is 41.5 Å². The molecule has 1 unspecified atom stereocenters. The summed E-state index contributed by atoms with van der Waals surface area (Å²) >= 11 is 0. The molecule has 0 fully saturated rings. The van der Waals surface area contributed by atoms with Crippen molar-refractivity contribution >= 4 is 5.97 Å². The topological polar surface area (TPSA) is 55.8 Å². The largest absolute Gasteiger partial charge is 0.465 e. The van der Waals surface area contributed by atoms with E-state index in [0.29, 0.717) is 26.1 Å². The predicted octanol–water partition coefficient (Wildman–Crippen LogP) is 4.97. The summed E-state index contributed by atoms with van der Waals surface area (Å²) in [5.74, 6) is -0.235. The average Bonchev–Trinajstić information content (AvgIpc) is 2.31. The van der Waals surface area contributed by atoms with Gasteiger partial charge in [0, 0.05) is 6.42 Å². The number of esters is 1. The Labute approximate surface area is 155 Å². The minimum Gasteiger partial charge on any atom is -0.465 e. The summed E-state index contributed by atoms with van der Waals surface area (Å²) in [5, 5.41) is 9.74. The fraction of sp³-hybridized carbons (Fsp3) is 0.952. The zero-order chi connectivity index (χ0) is 20.1. The SMILES string of the molecule is CC(C)(C)CC(C(=O)OCCC(C)(C)OCCC(C)(C)O)C(C)(C)C. The molecule has 0 amide bonds. The van der Waals surface area contributed by atoms with Crippen molar-refractivity contribution in [3.63, 3.8) is 0 Å². The van der Waals surface area contributed by atoms with Crippen LogP contribution in [0.5, 0.6) is 0 Å². The summed E-state index contributed by atoms with van der Waals surface area (Å²) in [6, 6.07) is 0. The Morgan fingerprint density at radius 3 is 1.80 bits per heavy atom. The lowest BCUT2D eigenvalue weighted by atomic mass is 9.72. The molecule has 25 heavy (non-hydrogen) atoms. The number of hydrogen-bond donors (Lipinski definition) is 1.